The molecule has 98 valence electrons. The van der Waals surface area contributed by atoms with Gasteiger partial charge in [0.1, 0.15) is 0 Å². The van der Waals surface area contributed by atoms with Crippen molar-refractivity contribution in [3.05, 3.63) is 15.6 Å². The van der Waals surface area contributed by atoms with Gasteiger partial charge in [-0.2, -0.15) is 0 Å². The lowest BCUT2D eigenvalue weighted by Gasteiger charge is -2.21. The second-order valence-electron chi connectivity index (χ2n) is 4.30. The van der Waals surface area contributed by atoms with Crippen LogP contribution < -0.4 is 0 Å². The lowest BCUT2D eigenvalue weighted by atomic mass is 10.1. The van der Waals surface area contributed by atoms with E-state index in [4.69, 9.17) is 4.74 Å². The molecule has 1 aromatic rings. The lowest BCUT2D eigenvalue weighted by Crippen LogP contribution is -2.30. The molecule has 0 spiro atoms. The van der Waals surface area contributed by atoms with E-state index < -0.39 is 6.10 Å². The summed E-state index contributed by atoms with van der Waals surface area (Å²) in [6, 6.07) is 0. The van der Waals surface area contributed by atoms with Crippen LogP contribution in [-0.4, -0.2) is 28.9 Å². The van der Waals surface area contributed by atoms with Gasteiger partial charge in [0.2, 0.25) is 0 Å². The summed E-state index contributed by atoms with van der Waals surface area (Å²) in [6.45, 7) is 8.80. The zero-order valence-corrected chi connectivity index (χ0v) is 12.0. The van der Waals surface area contributed by atoms with Crippen LogP contribution in [-0.2, 0) is 11.2 Å². The van der Waals surface area contributed by atoms with Crippen LogP contribution in [0.15, 0.2) is 0 Å². The molecule has 2 unspecified atom stereocenters. The normalized spacial score (nSPS) is 14.9. The molecule has 0 aliphatic carbocycles. The van der Waals surface area contributed by atoms with Crippen LogP contribution in [0.2, 0.25) is 0 Å². The number of rotatable bonds is 7. The maximum Gasteiger partial charge on any atom is 0.0957 e. The van der Waals surface area contributed by atoms with E-state index in [2.05, 4.69) is 18.8 Å². The molecule has 1 N–H and O–H groups in total. The Morgan fingerprint density at radius 1 is 1.35 bits per heavy atom. The zero-order chi connectivity index (χ0) is 12.8. The molecule has 17 heavy (non-hydrogen) atoms. The molecule has 0 saturated carbocycles. The largest absolute Gasteiger partial charge is 0.390 e. The Bertz CT molecular complexity index is 313. The van der Waals surface area contributed by atoms with Gasteiger partial charge in [-0.3, -0.25) is 0 Å². The summed E-state index contributed by atoms with van der Waals surface area (Å²) in [5, 5.41) is 11.2. The molecule has 0 radical (unpaired) electrons. The van der Waals surface area contributed by atoms with Gasteiger partial charge in [-0.1, -0.05) is 13.3 Å². The Balaban J connectivity index is 2.58. The Kier molecular flexibility index (Phi) is 6.09. The van der Waals surface area contributed by atoms with E-state index in [1.807, 2.05) is 13.8 Å². The van der Waals surface area contributed by atoms with Gasteiger partial charge in [-0.05, 0) is 27.2 Å². The van der Waals surface area contributed by atoms with Gasteiger partial charge in [0.25, 0.3) is 0 Å². The summed E-state index contributed by atoms with van der Waals surface area (Å²) in [6.07, 6.45) is 2.02. The molecule has 0 fully saturated rings. The van der Waals surface area contributed by atoms with Gasteiger partial charge in [-0.25, -0.2) is 4.98 Å². The van der Waals surface area contributed by atoms with Gasteiger partial charge >= 0.3 is 0 Å². The van der Waals surface area contributed by atoms with Gasteiger partial charge in [0, 0.05) is 17.9 Å². The van der Waals surface area contributed by atoms with Crippen LogP contribution >= 0.6 is 11.3 Å². The fraction of sp³-hybridized carbons (Fsp3) is 0.769. The molecular formula is C13H23NO2S. The smallest absolute Gasteiger partial charge is 0.0957 e. The minimum absolute atomic E-state index is 0.0606. The second kappa shape index (κ2) is 7.09. The highest BCUT2D eigenvalue weighted by Crippen LogP contribution is 2.20. The highest BCUT2D eigenvalue weighted by molar-refractivity contribution is 7.11. The van der Waals surface area contributed by atoms with E-state index in [1.54, 1.807) is 11.3 Å². The summed E-state index contributed by atoms with van der Waals surface area (Å²) < 4.78 is 5.58. The fourth-order valence-electron chi connectivity index (χ4n) is 1.82. The summed E-state index contributed by atoms with van der Waals surface area (Å²) in [5.74, 6) is 0. The van der Waals surface area contributed by atoms with Gasteiger partial charge in [0.05, 0.1) is 22.9 Å². The topological polar surface area (TPSA) is 42.4 Å². The summed E-state index contributed by atoms with van der Waals surface area (Å²) >= 11 is 1.67. The first-order valence-corrected chi connectivity index (χ1v) is 7.12. The number of nitrogens with zero attached hydrogens (tertiary/aromatic N) is 1. The van der Waals surface area contributed by atoms with Crippen LogP contribution in [0, 0.1) is 13.8 Å². The maximum atomic E-state index is 10.2. The van der Waals surface area contributed by atoms with Crippen molar-refractivity contribution < 1.29 is 9.84 Å². The number of aryl methyl sites for hydroxylation is 2. The molecule has 4 heteroatoms. The van der Waals surface area contributed by atoms with Crippen molar-refractivity contribution in [2.75, 3.05) is 6.61 Å². The number of thiazole rings is 1. The van der Waals surface area contributed by atoms with Crippen LogP contribution in [0.25, 0.3) is 0 Å². The van der Waals surface area contributed by atoms with Crippen LogP contribution in [0.1, 0.15) is 42.3 Å². The Labute approximate surface area is 108 Å². The molecule has 1 rings (SSSR count). The predicted molar refractivity (Wildman–Crippen MR) is 71.6 cm³/mol. The van der Waals surface area contributed by atoms with Crippen molar-refractivity contribution >= 4 is 11.3 Å². The number of hydrogen-bond donors (Lipinski definition) is 1. The molecule has 0 amide bonds. The number of hydrogen-bond acceptors (Lipinski definition) is 4. The number of aromatic nitrogens is 1. The molecule has 3 nitrogen and oxygen atoms in total. The minimum atomic E-state index is -0.445. The zero-order valence-electron chi connectivity index (χ0n) is 11.2. The molecule has 0 aliphatic rings. The first kappa shape index (κ1) is 14.6. The third-order valence-electron chi connectivity index (χ3n) is 2.84. The average Bonchev–Trinajstić information content (AvgIpc) is 2.57. The standard InChI is InChI=1S/C13H23NO2S/c1-5-7-12(16-6-2)11(15)8-13-14-9(3)10(4)17-13/h11-12,15H,5-8H2,1-4H3. The van der Waals surface area contributed by atoms with Crippen LogP contribution in [0.5, 0.6) is 0 Å². The van der Waals surface area contributed by atoms with E-state index in [0.717, 1.165) is 23.5 Å². The molecule has 0 bridgehead atoms. The molecule has 0 aliphatic heterocycles. The monoisotopic (exact) mass is 257 g/mol. The molecule has 1 heterocycles. The summed E-state index contributed by atoms with van der Waals surface area (Å²) in [5.41, 5.74) is 1.07. The molecule has 2 atom stereocenters. The third-order valence-corrected chi connectivity index (χ3v) is 3.93. The highest BCUT2D eigenvalue weighted by atomic mass is 32.1. The molecular weight excluding hydrogens is 234 g/mol. The van der Waals surface area contributed by atoms with E-state index >= 15 is 0 Å². The highest BCUT2D eigenvalue weighted by Gasteiger charge is 2.20. The van der Waals surface area contributed by atoms with Crippen molar-refractivity contribution in [3.63, 3.8) is 0 Å². The SMILES string of the molecule is CCCC(OCC)C(O)Cc1nc(C)c(C)s1. The minimum Gasteiger partial charge on any atom is -0.390 e. The van der Waals surface area contributed by atoms with E-state index in [0.29, 0.717) is 13.0 Å². The van der Waals surface area contributed by atoms with E-state index in [9.17, 15) is 5.11 Å². The maximum absolute atomic E-state index is 10.2. The Morgan fingerprint density at radius 3 is 2.53 bits per heavy atom. The van der Waals surface area contributed by atoms with Gasteiger partial charge in [0.15, 0.2) is 0 Å². The quantitative estimate of drug-likeness (QED) is 0.816. The summed E-state index contributed by atoms with van der Waals surface area (Å²) in [4.78, 5) is 5.69. The molecule has 1 aromatic heterocycles. The van der Waals surface area contributed by atoms with Crippen molar-refractivity contribution in [2.45, 2.75) is 59.2 Å². The predicted octanol–water partition coefficient (Wildman–Crippen LogP) is 2.87. The Morgan fingerprint density at radius 2 is 2.06 bits per heavy atom. The van der Waals surface area contributed by atoms with Crippen molar-refractivity contribution in [1.82, 2.24) is 4.98 Å². The van der Waals surface area contributed by atoms with Gasteiger partial charge < -0.3 is 9.84 Å². The summed E-state index contributed by atoms with van der Waals surface area (Å²) in [7, 11) is 0. The number of aliphatic hydroxyl groups excluding tert-OH is 1. The second-order valence-corrected chi connectivity index (χ2v) is 5.59. The van der Waals surface area contributed by atoms with Crippen molar-refractivity contribution in [1.29, 1.82) is 0 Å². The van der Waals surface area contributed by atoms with E-state index in [1.165, 1.54) is 4.88 Å². The van der Waals surface area contributed by atoms with Gasteiger partial charge in [-0.15, -0.1) is 11.3 Å². The van der Waals surface area contributed by atoms with Crippen molar-refractivity contribution in [2.24, 2.45) is 0 Å². The number of ether oxygens (including phenoxy) is 1. The third kappa shape index (κ3) is 4.37. The first-order chi connectivity index (χ1) is 8.08. The van der Waals surface area contributed by atoms with Crippen LogP contribution in [0.4, 0.5) is 0 Å². The first-order valence-electron chi connectivity index (χ1n) is 6.31. The number of aliphatic hydroxyl groups is 1. The average molecular weight is 257 g/mol. The van der Waals surface area contributed by atoms with E-state index in [-0.39, 0.29) is 6.10 Å². The Hall–Kier alpha value is -0.450. The lowest BCUT2D eigenvalue weighted by molar-refractivity contribution is -0.0363. The molecule has 0 saturated heterocycles. The van der Waals surface area contributed by atoms with Crippen molar-refractivity contribution in [3.8, 4) is 0 Å². The fourth-order valence-corrected chi connectivity index (χ4v) is 2.81. The molecule has 0 aromatic carbocycles. The van der Waals surface area contributed by atoms with Crippen LogP contribution in [0.3, 0.4) is 0 Å².